The van der Waals surface area contributed by atoms with Gasteiger partial charge in [-0.15, -0.1) is 37.1 Å². The van der Waals surface area contributed by atoms with Crippen LogP contribution in [0.4, 0.5) is 13.2 Å². The molecule has 0 aromatic heterocycles. The maximum Gasteiger partial charge on any atom is 0.573 e. The first-order valence-electron chi connectivity index (χ1n) is 8.85. The van der Waals surface area contributed by atoms with Gasteiger partial charge in [-0.05, 0) is 24.1 Å². The Kier molecular flexibility index (Phi) is 10.8. The summed E-state index contributed by atoms with van der Waals surface area (Å²) in [5.74, 6) is 0.230. The molecule has 0 unspecified atom stereocenters. The van der Waals surface area contributed by atoms with Crippen LogP contribution in [-0.2, 0) is 24.4 Å². The summed E-state index contributed by atoms with van der Waals surface area (Å²) in [6.07, 6.45) is -4.74. The zero-order chi connectivity index (χ0) is 20.4. The van der Waals surface area contributed by atoms with Gasteiger partial charge < -0.3 is 20.1 Å². The average molecular weight is 523 g/mol. The number of guanidine groups is 1. The Morgan fingerprint density at radius 3 is 2.07 bits per heavy atom. The van der Waals surface area contributed by atoms with Gasteiger partial charge in [-0.1, -0.05) is 42.5 Å². The summed E-state index contributed by atoms with van der Waals surface area (Å²) in [7, 11) is 1.60. The van der Waals surface area contributed by atoms with Crippen LogP contribution in [0.5, 0.6) is 5.75 Å². The number of alkyl halides is 3. The molecule has 160 valence electrons. The molecule has 0 bridgehead atoms. The lowest BCUT2D eigenvalue weighted by Gasteiger charge is -2.16. The van der Waals surface area contributed by atoms with Crippen LogP contribution in [0.3, 0.4) is 0 Å². The van der Waals surface area contributed by atoms with E-state index < -0.39 is 6.36 Å². The Labute approximate surface area is 185 Å². The number of hydrogen-bond acceptors (Lipinski definition) is 3. The van der Waals surface area contributed by atoms with E-state index in [1.165, 1.54) is 12.1 Å². The number of para-hydroxylation sites is 1. The van der Waals surface area contributed by atoms with Gasteiger partial charge in [0.05, 0.1) is 6.61 Å². The fourth-order valence-corrected chi connectivity index (χ4v) is 2.54. The highest BCUT2D eigenvalue weighted by Gasteiger charge is 2.31. The molecule has 2 N–H and O–H groups in total. The van der Waals surface area contributed by atoms with Gasteiger partial charge in [-0.3, -0.25) is 4.99 Å². The van der Waals surface area contributed by atoms with Crippen LogP contribution in [0, 0.1) is 0 Å². The second-order valence-electron chi connectivity index (χ2n) is 5.84. The Morgan fingerprint density at radius 1 is 0.931 bits per heavy atom. The molecule has 0 amide bonds. The summed E-state index contributed by atoms with van der Waals surface area (Å²) >= 11 is 0. The largest absolute Gasteiger partial charge is 0.573 e. The van der Waals surface area contributed by atoms with Crippen LogP contribution < -0.4 is 15.4 Å². The third kappa shape index (κ3) is 8.90. The first-order chi connectivity index (χ1) is 13.4. The third-order valence-corrected chi connectivity index (χ3v) is 3.89. The highest BCUT2D eigenvalue weighted by atomic mass is 127. The van der Waals surface area contributed by atoms with Crippen LogP contribution in [-0.4, -0.2) is 26.0 Å². The summed E-state index contributed by atoms with van der Waals surface area (Å²) in [5, 5.41) is 6.17. The first kappa shape index (κ1) is 25.0. The average Bonchev–Trinajstić information content (AvgIpc) is 2.67. The maximum atomic E-state index is 12.5. The minimum atomic E-state index is -4.74. The van der Waals surface area contributed by atoms with Crippen molar-refractivity contribution in [3.8, 4) is 5.75 Å². The molecule has 9 heteroatoms. The molecule has 2 rings (SSSR count). The van der Waals surface area contributed by atoms with Crippen LogP contribution in [0.25, 0.3) is 0 Å². The molecule has 0 aliphatic heterocycles. The Balaban J connectivity index is 0.00000420. The van der Waals surface area contributed by atoms with Crippen molar-refractivity contribution in [2.24, 2.45) is 4.99 Å². The van der Waals surface area contributed by atoms with E-state index in [0.29, 0.717) is 31.3 Å². The molecule has 0 aliphatic rings. The van der Waals surface area contributed by atoms with Gasteiger partial charge in [-0.2, -0.15) is 0 Å². The molecule has 0 fully saturated rings. The van der Waals surface area contributed by atoms with Gasteiger partial charge in [0.1, 0.15) is 5.75 Å². The molecule has 0 atom stereocenters. The summed E-state index contributed by atoms with van der Waals surface area (Å²) < 4.78 is 47.1. The minimum absolute atomic E-state index is 0. The molecule has 0 radical (unpaired) electrons. The Bertz CT molecular complexity index is 786. The number of halogens is 4. The highest BCUT2D eigenvalue weighted by molar-refractivity contribution is 14.0. The summed E-state index contributed by atoms with van der Waals surface area (Å²) in [5.41, 5.74) is 2.50. The number of hydrogen-bond donors (Lipinski definition) is 2. The predicted octanol–water partition coefficient (Wildman–Crippen LogP) is 4.60. The molecular weight excluding hydrogens is 498 g/mol. The fraction of sp³-hybridized carbons (Fsp3) is 0.350. The second-order valence-corrected chi connectivity index (χ2v) is 5.84. The number of nitrogens with zero attached hydrogens (tertiary/aromatic N) is 1. The molecule has 0 saturated carbocycles. The maximum absolute atomic E-state index is 12.5. The van der Waals surface area contributed by atoms with E-state index in [9.17, 15) is 13.2 Å². The van der Waals surface area contributed by atoms with Crippen LogP contribution in [0.1, 0.15) is 23.6 Å². The van der Waals surface area contributed by atoms with Gasteiger partial charge in [0.2, 0.25) is 0 Å². The molecule has 0 spiro atoms. The summed E-state index contributed by atoms with van der Waals surface area (Å²) in [6.45, 7) is 3.72. The van der Waals surface area contributed by atoms with Gasteiger partial charge in [0.15, 0.2) is 5.96 Å². The zero-order valence-corrected chi connectivity index (χ0v) is 18.6. The van der Waals surface area contributed by atoms with Crippen molar-refractivity contribution in [3.63, 3.8) is 0 Å². The van der Waals surface area contributed by atoms with Crippen LogP contribution >= 0.6 is 24.0 Å². The molecule has 0 saturated heterocycles. The van der Waals surface area contributed by atoms with Crippen molar-refractivity contribution in [1.29, 1.82) is 0 Å². The van der Waals surface area contributed by atoms with E-state index in [-0.39, 0.29) is 36.3 Å². The number of aliphatic imine (C=N–C) groups is 1. The molecule has 5 nitrogen and oxygen atoms in total. The van der Waals surface area contributed by atoms with Crippen molar-refractivity contribution in [1.82, 2.24) is 10.6 Å². The summed E-state index contributed by atoms with van der Waals surface area (Å²) in [6, 6.07) is 13.9. The van der Waals surface area contributed by atoms with E-state index in [4.69, 9.17) is 4.74 Å². The lowest BCUT2D eigenvalue weighted by Crippen LogP contribution is -2.36. The van der Waals surface area contributed by atoms with E-state index >= 15 is 0 Å². The topological polar surface area (TPSA) is 54.9 Å². The number of nitrogens with one attached hydrogen (secondary N) is 2. The molecular formula is C20H25F3IN3O2. The molecule has 2 aromatic rings. The van der Waals surface area contributed by atoms with E-state index in [2.05, 4.69) is 20.4 Å². The number of ether oxygens (including phenoxy) is 2. The van der Waals surface area contributed by atoms with E-state index in [1.54, 1.807) is 19.2 Å². The Hall–Kier alpha value is -2.01. The van der Waals surface area contributed by atoms with Crippen molar-refractivity contribution in [3.05, 3.63) is 65.2 Å². The van der Waals surface area contributed by atoms with Gasteiger partial charge in [-0.25, -0.2) is 0 Å². The standard InChI is InChI=1S/C20H24F3N3O2.HI/c1-3-27-14-17-10-5-4-8-15(17)12-25-19(24-2)26-13-16-9-6-7-11-18(16)28-20(21,22)23;/h4-11H,3,12-14H2,1-2H3,(H2,24,25,26);1H. The smallest absolute Gasteiger partial charge is 0.405 e. The van der Waals surface area contributed by atoms with Crippen molar-refractivity contribution in [2.75, 3.05) is 13.7 Å². The van der Waals surface area contributed by atoms with Crippen LogP contribution in [0.2, 0.25) is 0 Å². The van der Waals surface area contributed by atoms with Gasteiger partial charge in [0.25, 0.3) is 0 Å². The molecule has 0 heterocycles. The Morgan fingerprint density at radius 2 is 1.48 bits per heavy atom. The highest BCUT2D eigenvalue weighted by Crippen LogP contribution is 2.26. The molecule has 2 aromatic carbocycles. The lowest BCUT2D eigenvalue weighted by atomic mass is 10.1. The SMILES string of the molecule is CCOCc1ccccc1CNC(=NC)NCc1ccccc1OC(F)(F)F.I. The number of benzene rings is 2. The van der Waals surface area contributed by atoms with Crippen molar-refractivity contribution >= 4 is 29.9 Å². The molecule has 0 aliphatic carbocycles. The third-order valence-electron chi connectivity index (χ3n) is 3.89. The monoisotopic (exact) mass is 523 g/mol. The molecule has 29 heavy (non-hydrogen) atoms. The van der Waals surface area contributed by atoms with Gasteiger partial charge >= 0.3 is 6.36 Å². The van der Waals surface area contributed by atoms with Crippen molar-refractivity contribution in [2.45, 2.75) is 33.0 Å². The van der Waals surface area contributed by atoms with E-state index in [1.807, 2.05) is 31.2 Å². The predicted molar refractivity (Wildman–Crippen MR) is 117 cm³/mol. The summed E-state index contributed by atoms with van der Waals surface area (Å²) in [4.78, 5) is 4.11. The quantitative estimate of drug-likeness (QED) is 0.302. The first-order valence-corrected chi connectivity index (χ1v) is 8.85. The number of rotatable bonds is 8. The van der Waals surface area contributed by atoms with E-state index in [0.717, 1.165) is 11.1 Å². The van der Waals surface area contributed by atoms with Gasteiger partial charge in [0, 0.05) is 32.3 Å². The van der Waals surface area contributed by atoms with Crippen LogP contribution in [0.15, 0.2) is 53.5 Å². The lowest BCUT2D eigenvalue weighted by molar-refractivity contribution is -0.274. The minimum Gasteiger partial charge on any atom is -0.405 e. The zero-order valence-electron chi connectivity index (χ0n) is 16.3. The fourth-order valence-electron chi connectivity index (χ4n) is 2.54. The second kappa shape index (κ2) is 12.5. The normalized spacial score (nSPS) is 11.6. The van der Waals surface area contributed by atoms with Crippen molar-refractivity contribution < 1.29 is 22.6 Å².